The fourth-order valence-electron chi connectivity index (χ4n) is 3.13. The summed E-state index contributed by atoms with van der Waals surface area (Å²) in [6.45, 7) is 7.60. The van der Waals surface area contributed by atoms with Crippen LogP contribution in [0.4, 0.5) is 19.1 Å². The second kappa shape index (κ2) is 7.61. The van der Waals surface area contributed by atoms with E-state index >= 15 is 0 Å². The van der Waals surface area contributed by atoms with E-state index in [9.17, 15) is 13.2 Å². The van der Waals surface area contributed by atoms with Crippen molar-refractivity contribution in [3.63, 3.8) is 0 Å². The zero-order valence-corrected chi connectivity index (χ0v) is 16.2. The van der Waals surface area contributed by atoms with Gasteiger partial charge in [0.2, 0.25) is 5.95 Å². The van der Waals surface area contributed by atoms with E-state index in [0.29, 0.717) is 18.0 Å². The van der Waals surface area contributed by atoms with E-state index in [-0.39, 0.29) is 5.56 Å². The first kappa shape index (κ1) is 19.9. The standard InChI is InChI=1S/C20H22F3N5/c1-5-15(17-10-25-19(24-6-2)27-13(17)4)14-7-8-28-18(9-14)16(11-26-28)12(3)20(21,22)23/h5,7-12H,6H2,1-4H3,(H,24,25,27)/b15-5-. The number of hydrogen-bond donors (Lipinski definition) is 1. The molecule has 1 unspecified atom stereocenters. The molecule has 3 aromatic rings. The zero-order chi connectivity index (χ0) is 20.5. The van der Waals surface area contributed by atoms with Crippen LogP contribution in [0.2, 0.25) is 0 Å². The first-order valence-corrected chi connectivity index (χ1v) is 9.04. The van der Waals surface area contributed by atoms with Gasteiger partial charge in [0, 0.05) is 30.1 Å². The van der Waals surface area contributed by atoms with Crippen molar-refractivity contribution in [3.05, 3.63) is 59.2 Å². The molecular formula is C20H22F3N5. The van der Waals surface area contributed by atoms with Gasteiger partial charge >= 0.3 is 6.18 Å². The topological polar surface area (TPSA) is 55.1 Å². The first-order chi connectivity index (χ1) is 13.3. The fraction of sp³-hybridized carbons (Fsp3) is 0.350. The number of aryl methyl sites for hydroxylation is 1. The van der Waals surface area contributed by atoms with E-state index in [1.54, 1.807) is 18.5 Å². The van der Waals surface area contributed by atoms with Crippen molar-refractivity contribution in [2.75, 3.05) is 11.9 Å². The maximum absolute atomic E-state index is 13.2. The molecule has 0 aromatic carbocycles. The van der Waals surface area contributed by atoms with Gasteiger partial charge in [-0.3, -0.25) is 0 Å². The van der Waals surface area contributed by atoms with Crippen LogP contribution in [0.1, 0.15) is 49.1 Å². The van der Waals surface area contributed by atoms with E-state index in [0.717, 1.165) is 29.3 Å². The van der Waals surface area contributed by atoms with Crippen molar-refractivity contribution < 1.29 is 13.2 Å². The number of pyridine rings is 1. The Morgan fingerprint density at radius 2 is 2.07 bits per heavy atom. The van der Waals surface area contributed by atoms with Crippen LogP contribution < -0.4 is 5.32 Å². The molecule has 0 aliphatic carbocycles. The molecule has 0 fully saturated rings. The summed E-state index contributed by atoms with van der Waals surface area (Å²) >= 11 is 0. The number of hydrogen-bond acceptors (Lipinski definition) is 4. The molecule has 148 valence electrons. The van der Waals surface area contributed by atoms with E-state index in [4.69, 9.17) is 0 Å². The minimum Gasteiger partial charge on any atom is -0.354 e. The predicted molar refractivity (Wildman–Crippen MR) is 103 cm³/mol. The van der Waals surface area contributed by atoms with Gasteiger partial charge in [-0.25, -0.2) is 14.5 Å². The Labute approximate surface area is 161 Å². The van der Waals surface area contributed by atoms with Gasteiger partial charge < -0.3 is 5.32 Å². The molecular weight excluding hydrogens is 367 g/mol. The largest absolute Gasteiger partial charge is 0.395 e. The highest BCUT2D eigenvalue weighted by Crippen LogP contribution is 2.37. The summed E-state index contributed by atoms with van der Waals surface area (Å²) in [5.74, 6) is -1.05. The van der Waals surface area contributed by atoms with Crippen LogP contribution in [-0.2, 0) is 0 Å². The Morgan fingerprint density at radius 3 is 2.68 bits per heavy atom. The van der Waals surface area contributed by atoms with Crippen LogP contribution in [0.3, 0.4) is 0 Å². The minimum absolute atomic E-state index is 0.153. The fourth-order valence-corrected chi connectivity index (χ4v) is 3.13. The van der Waals surface area contributed by atoms with Gasteiger partial charge in [0.05, 0.1) is 23.3 Å². The average molecular weight is 389 g/mol. The second-order valence-corrected chi connectivity index (χ2v) is 6.53. The molecule has 8 heteroatoms. The summed E-state index contributed by atoms with van der Waals surface area (Å²) in [7, 11) is 0. The number of alkyl halides is 3. The Bertz CT molecular complexity index is 1020. The summed E-state index contributed by atoms with van der Waals surface area (Å²) in [4.78, 5) is 8.78. The van der Waals surface area contributed by atoms with Crippen molar-refractivity contribution in [3.8, 4) is 0 Å². The smallest absolute Gasteiger partial charge is 0.354 e. The van der Waals surface area contributed by atoms with Gasteiger partial charge in [-0.05, 0) is 51.0 Å². The normalized spacial score (nSPS) is 13.8. The zero-order valence-electron chi connectivity index (χ0n) is 16.2. The molecule has 3 heterocycles. The Hall–Kier alpha value is -2.90. The molecule has 0 amide bonds. The van der Waals surface area contributed by atoms with Crippen LogP contribution in [0.5, 0.6) is 0 Å². The third-order valence-electron chi connectivity index (χ3n) is 4.71. The van der Waals surface area contributed by atoms with Crippen molar-refractivity contribution >= 4 is 17.0 Å². The minimum atomic E-state index is -4.32. The van der Waals surface area contributed by atoms with Gasteiger partial charge in [0.25, 0.3) is 0 Å². The monoisotopic (exact) mass is 389 g/mol. The molecule has 0 saturated heterocycles. The lowest BCUT2D eigenvalue weighted by molar-refractivity contribution is -0.146. The maximum atomic E-state index is 13.2. The predicted octanol–water partition coefficient (Wildman–Crippen LogP) is 4.98. The van der Waals surface area contributed by atoms with E-state index in [1.165, 1.54) is 10.7 Å². The summed E-state index contributed by atoms with van der Waals surface area (Å²) in [6.07, 6.45) is 2.27. The van der Waals surface area contributed by atoms with E-state index in [1.807, 2.05) is 32.9 Å². The molecule has 5 nitrogen and oxygen atoms in total. The summed E-state index contributed by atoms with van der Waals surface area (Å²) < 4.78 is 41.1. The third-order valence-corrected chi connectivity index (χ3v) is 4.71. The highest BCUT2D eigenvalue weighted by atomic mass is 19.4. The molecule has 28 heavy (non-hydrogen) atoms. The Morgan fingerprint density at radius 1 is 1.32 bits per heavy atom. The van der Waals surface area contributed by atoms with Crippen molar-refractivity contribution in [2.45, 2.75) is 39.8 Å². The molecule has 1 N–H and O–H groups in total. The van der Waals surface area contributed by atoms with Gasteiger partial charge in [-0.1, -0.05) is 6.08 Å². The van der Waals surface area contributed by atoms with Crippen LogP contribution in [0.25, 0.3) is 11.1 Å². The Kier molecular flexibility index (Phi) is 5.40. The Balaban J connectivity index is 2.07. The molecule has 0 spiro atoms. The number of allylic oxidation sites excluding steroid dienone is 1. The highest BCUT2D eigenvalue weighted by molar-refractivity contribution is 5.82. The number of nitrogens with zero attached hydrogens (tertiary/aromatic N) is 4. The van der Waals surface area contributed by atoms with Crippen molar-refractivity contribution in [1.82, 2.24) is 19.6 Å². The van der Waals surface area contributed by atoms with Gasteiger partial charge in [0.15, 0.2) is 0 Å². The third kappa shape index (κ3) is 3.72. The molecule has 0 bridgehead atoms. The molecule has 0 saturated carbocycles. The lowest BCUT2D eigenvalue weighted by Crippen LogP contribution is -2.17. The second-order valence-electron chi connectivity index (χ2n) is 6.53. The number of halogens is 3. The quantitative estimate of drug-likeness (QED) is 0.669. The number of nitrogens with one attached hydrogen (secondary N) is 1. The van der Waals surface area contributed by atoms with Crippen LogP contribution in [-0.4, -0.2) is 32.3 Å². The van der Waals surface area contributed by atoms with Crippen molar-refractivity contribution in [1.29, 1.82) is 0 Å². The summed E-state index contributed by atoms with van der Waals surface area (Å²) in [6, 6.07) is 3.56. The number of fused-ring (bicyclic) bond motifs is 1. The van der Waals surface area contributed by atoms with E-state index in [2.05, 4.69) is 20.4 Å². The summed E-state index contributed by atoms with van der Waals surface area (Å²) in [5.41, 5.74) is 3.85. The van der Waals surface area contributed by atoms with Gasteiger partial charge in [0.1, 0.15) is 0 Å². The molecule has 0 aliphatic rings. The van der Waals surface area contributed by atoms with Crippen LogP contribution in [0.15, 0.2) is 36.8 Å². The molecule has 1 atom stereocenters. The number of aromatic nitrogens is 4. The maximum Gasteiger partial charge on any atom is 0.395 e. The summed E-state index contributed by atoms with van der Waals surface area (Å²) in [5, 5.41) is 7.13. The first-order valence-electron chi connectivity index (χ1n) is 9.04. The van der Waals surface area contributed by atoms with Crippen LogP contribution >= 0.6 is 0 Å². The average Bonchev–Trinajstić information content (AvgIpc) is 3.06. The van der Waals surface area contributed by atoms with Crippen molar-refractivity contribution in [2.24, 2.45) is 0 Å². The lowest BCUT2D eigenvalue weighted by atomic mass is 9.96. The number of anilines is 1. The molecule has 0 radical (unpaired) electrons. The lowest BCUT2D eigenvalue weighted by Gasteiger charge is -2.15. The van der Waals surface area contributed by atoms with Gasteiger partial charge in [-0.15, -0.1) is 0 Å². The molecule has 0 aliphatic heterocycles. The highest BCUT2D eigenvalue weighted by Gasteiger charge is 2.38. The van der Waals surface area contributed by atoms with Crippen LogP contribution in [0, 0.1) is 6.92 Å². The SMILES string of the molecule is C/C=C(/c1ccn2ncc(C(C)C(F)(F)F)c2c1)c1cnc(NCC)nc1C. The number of rotatable bonds is 5. The van der Waals surface area contributed by atoms with E-state index < -0.39 is 12.1 Å². The molecule has 3 rings (SSSR count). The van der Waals surface area contributed by atoms with Gasteiger partial charge in [-0.2, -0.15) is 18.3 Å². The molecule has 3 aromatic heterocycles.